The maximum atomic E-state index is 6.06. The molecule has 0 unspecified atom stereocenters. The molecule has 1 saturated carbocycles. The second-order valence-electron chi connectivity index (χ2n) is 4.17. The van der Waals surface area contributed by atoms with E-state index in [0.717, 1.165) is 12.0 Å². The minimum absolute atomic E-state index is 0.526. The summed E-state index contributed by atoms with van der Waals surface area (Å²) in [5, 5.41) is 4.47. The van der Waals surface area contributed by atoms with E-state index in [1.165, 1.54) is 12.8 Å². The molecule has 1 aromatic carbocycles. The van der Waals surface area contributed by atoms with Crippen molar-refractivity contribution in [3.05, 3.63) is 33.8 Å². The Morgan fingerprint density at radius 1 is 1.41 bits per heavy atom. The smallest absolute Gasteiger partial charge is 0.188 e. The monoisotopic (exact) mass is 271 g/mol. The van der Waals surface area contributed by atoms with Gasteiger partial charge in [0.1, 0.15) is 0 Å². The van der Waals surface area contributed by atoms with Gasteiger partial charge in [0, 0.05) is 22.6 Å². The van der Waals surface area contributed by atoms with E-state index < -0.39 is 0 Å². The molecular weight excluding hydrogens is 257 g/mol. The van der Waals surface area contributed by atoms with Gasteiger partial charge in [0.25, 0.3) is 0 Å². The highest BCUT2D eigenvalue weighted by atomic mass is 35.5. The van der Waals surface area contributed by atoms with Crippen molar-refractivity contribution < 1.29 is 0 Å². The summed E-state index contributed by atoms with van der Waals surface area (Å²) in [6.45, 7) is 0.632. The summed E-state index contributed by atoms with van der Waals surface area (Å²) in [5.74, 6) is 0.526. The Kier molecular flexibility index (Phi) is 4.13. The van der Waals surface area contributed by atoms with Gasteiger partial charge in [-0.15, -0.1) is 0 Å². The van der Waals surface area contributed by atoms with Crippen LogP contribution in [0.3, 0.4) is 0 Å². The highest BCUT2D eigenvalue weighted by Gasteiger charge is 2.21. The standard InChI is InChI=1S/C12H15Cl2N3/c13-9-2-1-8(11(14)7-9)5-6-16-12(15)17-10-3-4-10/h1-2,7,10H,3-6H2,(H3,15,16,17). The van der Waals surface area contributed by atoms with Crippen LogP contribution in [0.25, 0.3) is 0 Å². The molecule has 0 aliphatic heterocycles. The van der Waals surface area contributed by atoms with Crippen LogP contribution >= 0.6 is 23.2 Å². The largest absolute Gasteiger partial charge is 0.370 e. The molecule has 0 saturated heterocycles. The van der Waals surface area contributed by atoms with Crippen LogP contribution in [-0.2, 0) is 6.42 Å². The van der Waals surface area contributed by atoms with E-state index in [2.05, 4.69) is 10.3 Å². The van der Waals surface area contributed by atoms with Crippen LogP contribution in [0.2, 0.25) is 10.0 Å². The van der Waals surface area contributed by atoms with Gasteiger partial charge in [-0.25, -0.2) is 0 Å². The molecule has 0 atom stereocenters. The number of aliphatic imine (C=N–C) groups is 1. The first-order valence-electron chi connectivity index (χ1n) is 5.65. The van der Waals surface area contributed by atoms with E-state index in [-0.39, 0.29) is 0 Å². The fourth-order valence-corrected chi connectivity index (χ4v) is 2.01. The van der Waals surface area contributed by atoms with Crippen molar-refractivity contribution in [1.29, 1.82) is 0 Å². The fourth-order valence-electron chi connectivity index (χ4n) is 1.50. The van der Waals surface area contributed by atoms with E-state index >= 15 is 0 Å². The third kappa shape index (κ3) is 4.10. The molecule has 92 valence electrons. The maximum absolute atomic E-state index is 6.06. The van der Waals surface area contributed by atoms with Crippen LogP contribution in [0.15, 0.2) is 23.2 Å². The number of benzene rings is 1. The third-order valence-corrected chi connectivity index (χ3v) is 3.19. The van der Waals surface area contributed by atoms with E-state index in [1.54, 1.807) is 6.07 Å². The zero-order chi connectivity index (χ0) is 12.3. The third-order valence-electron chi connectivity index (χ3n) is 2.61. The quantitative estimate of drug-likeness (QED) is 0.654. The number of halogens is 2. The predicted octanol–water partition coefficient (Wildman–Crippen LogP) is 2.60. The minimum atomic E-state index is 0.526. The molecule has 1 fully saturated rings. The van der Waals surface area contributed by atoms with E-state index in [1.807, 2.05) is 12.1 Å². The van der Waals surface area contributed by atoms with Gasteiger partial charge in [0.15, 0.2) is 5.96 Å². The Morgan fingerprint density at radius 3 is 2.82 bits per heavy atom. The highest BCUT2D eigenvalue weighted by molar-refractivity contribution is 6.35. The summed E-state index contributed by atoms with van der Waals surface area (Å²) < 4.78 is 0. The first kappa shape index (κ1) is 12.5. The lowest BCUT2D eigenvalue weighted by Gasteiger charge is -2.05. The fraction of sp³-hybridized carbons (Fsp3) is 0.417. The summed E-state index contributed by atoms with van der Waals surface area (Å²) in [6.07, 6.45) is 3.15. The summed E-state index contributed by atoms with van der Waals surface area (Å²) >= 11 is 11.9. The summed E-state index contributed by atoms with van der Waals surface area (Å²) in [7, 11) is 0. The normalized spacial score (nSPS) is 16.0. The van der Waals surface area contributed by atoms with Crippen molar-refractivity contribution in [1.82, 2.24) is 5.32 Å². The zero-order valence-corrected chi connectivity index (χ0v) is 10.9. The van der Waals surface area contributed by atoms with Gasteiger partial charge < -0.3 is 11.1 Å². The molecule has 0 aromatic heterocycles. The van der Waals surface area contributed by atoms with Crippen molar-refractivity contribution in [2.45, 2.75) is 25.3 Å². The Hall–Kier alpha value is -0.930. The Bertz CT molecular complexity index is 428. The predicted molar refractivity (Wildman–Crippen MR) is 72.8 cm³/mol. The van der Waals surface area contributed by atoms with E-state index in [0.29, 0.717) is 28.6 Å². The molecule has 17 heavy (non-hydrogen) atoms. The molecule has 0 heterocycles. The van der Waals surface area contributed by atoms with Crippen LogP contribution in [0.4, 0.5) is 0 Å². The summed E-state index contributed by atoms with van der Waals surface area (Å²) in [5.41, 5.74) is 6.77. The van der Waals surface area contributed by atoms with Gasteiger partial charge in [-0.1, -0.05) is 29.3 Å². The van der Waals surface area contributed by atoms with Gasteiger partial charge in [-0.2, -0.15) is 0 Å². The average molecular weight is 272 g/mol. The second-order valence-corrected chi connectivity index (χ2v) is 5.01. The number of hydrogen-bond acceptors (Lipinski definition) is 1. The molecule has 1 aromatic rings. The molecular formula is C12H15Cl2N3. The molecule has 0 spiro atoms. The highest BCUT2D eigenvalue weighted by Crippen LogP contribution is 2.21. The van der Waals surface area contributed by atoms with Gasteiger partial charge in [-0.3, -0.25) is 4.99 Å². The van der Waals surface area contributed by atoms with E-state index in [4.69, 9.17) is 28.9 Å². The number of nitrogens with one attached hydrogen (secondary N) is 1. The first-order valence-corrected chi connectivity index (χ1v) is 6.41. The van der Waals surface area contributed by atoms with Crippen LogP contribution < -0.4 is 11.1 Å². The molecule has 3 nitrogen and oxygen atoms in total. The van der Waals surface area contributed by atoms with Crippen molar-refractivity contribution in [3.63, 3.8) is 0 Å². The van der Waals surface area contributed by atoms with Crippen molar-refractivity contribution in [2.75, 3.05) is 6.54 Å². The number of hydrogen-bond donors (Lipinski definition) is 2. The number of nitrogens with zero attached hydrogens (tertiary/aromatic N) is 1. The molecule has 3 N–H and O–H groups in total. The Morgan fingerprint density at radius 2 is 2.18 bits per heavy atom. The number of nitrogens with two attached hydrogens (primary N) is 1. The lowest BCUT2D eigenvalue weighted by molar-refractivity contribution is 0.870. The Labute approximate surface area is 111 Å². The van der Waals surface area contributed by atoms with Crippen LogP contribution in [0, 0.1) is 0 Å². The van der Waals surface area contributed by atoms with Crippen LogP contribution in [-0.4, -0.2) is 18.5 Å². The van der Waals surface area contributed by atoms with Gasteiger partial charge in [0.2, 0.25) is 0 Å². The molecule has 0 radical (unpaired) electrons. The SMILES string of the molecule is NC(=NCCc1ccc(Cl)cc1Cl)NC1CC1. The topological polar surface area (TPSA) is 50.4 Å². The van der Waals surface area contributed by atoms with Crippen LogP contribution in [0.5, 0.6) is 0 Å². The van der Waals surface area contributed by atoms with Crippen molar-refractivity contribution in [2.24, 2.45) is 10.7 Å². The van der Waals surface area contributed by atoms with Gasteiger partial charge >= 0.3 is 0 Å². The lowest BCUT2D eigenvalue weighted by Crippen LogP contribution is -2.33. The summed E-state index contributed by atoms with van der Waals surface area (Å²) in [4.78, 5) is 4.25. The molecule has 0 bridgehead atoms. The average Bonchev–Trinajstić information content (AvgIpc) is 3.05. The number of rotatable bonds is 4. The van der Waals surface area contributed by atoms with Crippen LogP contribution in [0.1, 0.15) is 18.4 Å². The number of guanidine groups is 1. The van der Waals surface area contributed by atoms with E-state index in [9.17, 15) is 0 Å². The zero-order valence-electron chi connectivity index (χ0n) is 9.42. The molecule has 2 rings (SSSR count). The summed E-state index contributed by atoms with van der Waals surface area (Å²) in [6, 6.07) is 6.04. The van der Waals surface area contributed by atoms with Gasteiger partial charge in [-0.05, 0) is 37.0 Å². The minimum Gasteiger partial charge on any atom is -0.370 e. The Balaban J connectivity index is 1.84. The van der Waals surface area contributed by atoms with Gasteiger partial charge in [0.05, 0.1) is 0 Å². The maximum Gasteiger partial charge on any atom is 0.188 e. The van der Waals surface area contributed by atoms with Crippen molar-refractivity contribution in [3.8, 4) is 0 Å². The molecule has 5 heteroatoms. The molecule has 1 aliphatic carbocycles. The first-order chi connectivity index (χ1) is 8.15. The second kappa shape index (κ2) is 5.61. The van der Waals surface area contributed by atoms with Crippen molar-refractivity contribution >= 4 is 29.2 Å². The molecule has 0 amide bonds. The molecule has 1 aliphatic rings. The lowest BCUT2D eigenvalue weighted by atomic mass is 10.1.